The molecule has 1 aromatic heterocycles. The molecule has 1 aliphatic carbocycles. The van der Waals surface area contributed by atoms with Gasteiger partial charge in [0.1, 0.15) is 11.7 Å². The van der Waals surface area contributed by atoms with Crippen molar-refractivity contribution in [1.82, 2.24) is 4.98 Å². The number of halogens is 2. The minimum Gasteiger partial charge on any atom is -0.283 e. The molecule has 9 heteroatoms. The first kappa shape index (κ1) is 19.5. The molecule has 0 spiro atoms. The van der Waals surface area contributed by atoms with Crippen LogP contribution in [0, 0.1) is 21.8 Å². The van der Waals surface area contributed by atoms with E-state index in [-0.39, 0.29) is 24.7 Å². The predicted molar refractivity (Wildman–Crippen MR) is 109 cm³/mol. The van der Waals surface area contributed by atoms with Gasteiger partial charge in [0.15, 0.2) is 5.13 Å². The summed E-state index contributed by atoms with van der Waals surface area (Å²) in [6.45, 7) is 0.148. The van der Waals surface area contributed by atoms with Gasteiger partial charge in [-0.1, -0.05) is 41.9 Å². The zero-order chi connectivity index (χ0) is 20.5. The smallest absolute Gasteiger partial charge is 0.239 e. The van der Waals surface area contributed by atoms with Crippen LogP contribution < -0.4 is 4.90 Å². The number of nitrogens with zero attached hydrogens (tertiary/aromatic N) is 3. The van der Waals surface area contributed by atoms with E-state index in [4.69, 9.17) is 11.6 Å². The Morgan fingerprint density at radius 3 is 2.66 bits per heavy atom. The van der Waals surface area contributed by atoms with Crippen LogP contribution in [0.25, 0.3) is 11.3 Å². The topological polar surface area (TPSA) is 76.3 Å². The monoisotopic (exact) mass is 431 g/mol. The first-order valence-corrected chi connectivity index (χ1v) is 10.1. The molecule has 29 heavy (non-hydrogen) atoms. The van der Waals surface area contributed by atoms with Crippen molar-refractivity contribution in [3.05, 3.63) is 80.4 Å². The van der Waals surface area contributed by atoms with Gasteiger partial charge in [0.25, 0.3) is 0 Å². The molecular formula is C20H15ClFN3O3S. The fraction of sp³-hybridized carbons (Fsp3) is 0.200. The van der Waals surface area contributed by atoms with Crippen LogP contribution in [0.4, 0.5) is 9.52 Å². The van der Waals surface area contributed by atoms with Gasteiger partial charge in [-0.25, -0.2) is 9.37 Å². The average molecular weight is 432 g/mol. The molecule has 1 saturated carbocycles. The number of hydrogen-bond donors (Lipinski definition) is 0. The molecule has 6 nitrogen and oxygen atoms in total. The third-order valence-electron chi connectivity index (χ3n) is 4.74. The molecule has 1 aliphatic rings. The van der Waals surface area contributed by atoms with E-state index in [1.54, 1.807) is 23.6 Å². The highest BCUT2D eigenvalue weighted by Gasteiger charge is 2.55. The Morgan fingerprint density at radius 2 is 2.00 bits per heavy atom. The normalized spacial score (nSPS) is 17.7. The average Bonchev–Trinajstić information content (AvgIpc) is 3.38. The number of carbonyl (C=O) groups excluding carboxylic acids is 1. The third-order valence-corrected chi connectivity index (χ3v) is 5.93. The van der Waals surface area contributed by atoms with Crippen molar-refractivity contribution in [3.63, 3.8) is 0 Å². The molecule has 0 radical (unpaired) electrons. The number of amides is 1. The molecule has 1 amide bonds. The number of benzene rings is 2. The fourth-order valence-electron chi connectivity index (χ4n) is 3.07. The molecular weight excluding hydrogens is 417 g/mol. The first-order valence-electron chi connectivity index (χ1n) is 8.84. The largest absolute Gasteiger partial charge is 0.283 e. The van der Waals surface area contributed by atoms with Crippen molar-refractivity contribution in [2.75, 3.05) is 4.90 Å². The maximum absolute atomic E-state index is 13.2. The summed E-state index contributed by atoms with van der Waals surface area (Å²) in [5.41, 5.74) is 2.06. The van der Waals surface area contributed by atoms with Crippen molar-refractivity contribution in [3.8, 4) is 11.3 Å². The van der Waals surface area contributed by atoms with Crippen LogP contribution >= 0.6 is 22.9 Å². The van der Waals surface area contributed by atoms with E-state index in [2.05, 4.69) is 4.98 Å². The van der Waals surface area contributed by atoms with Crippen molar-refractivity contribution in [2.45, 2.75) is 19.0 Å². The van der Waals surface area contributed by atoms with Crippen LogP contribution in [-0.2, 0) is 11.3 Å². The van der Waals surface area contributed by atoms with Crippen molar-refractivity contribution >= 4 is 34.0 Å². The summed E-state index contributed by atoms with van der Waals surface area (Å²) < 4.78 is 13.2. The Hall–Kier alpha value is -2.84. The van der Waals surface area contributed by atoms with E-state index in [1.165, 1.54) is 28.4 Å². The van der Waals surface area contributed by atoms with E-state index in [0.29, 0.717) is 21.4 Å². The second-order valence-corrected chi connectivity index (χ2v) is 7.98. The second-order valence-electron chi connectivity index (χ2n) is 6.74. The van der Waals surface area contributed by atoms with Crippen LogP contribution in [0.1, 0.15) is 12.0 Å². The van der Waals surface area contributed by atoms with Gasteiger partial charge < -0.3 is 0 Å². The van der Waals surface area contributed by atoms with Crippen LogP contribution in [0.5, 0.6) is 0 Å². The quantitative estimate of drug-likeness (QED) is 0.415. The summed E-state index contributed by atoms with van der Waals surface area (Å²) in [6.07, 6.45) is 0.217. The summed E-state index contributed by atoms with van der Waals surface area (Å²) in [4.78, 5) is 29.6. The molecule has 3 aromatic rings. The molecule has 2 unspecified atom stereocenters. The Labute approximate surface area is 174 Å². The van der Waals surface area contributed by atoms with Crippen LogP contribution in [-0.4, -0.2) is 21.9 Å². The lowest BCUT2D eigenvalue weighted by Crippen LogP contribution is -2.33. The summed E-state index contributed by atoms with van der Waals surface area (Å²) in [6, 6.07) is 12.2. The van der Waals surface area contributed by atoms with Crippen molar-refractivity contribution in [1.29, 1.82) is 0 Å². The lowest BCUT2D eigenvalue weighted by Gasteiger charge is -2.19. The number of carbonyl (C=O) groups is 1. The minimum atomic E-state index is -0.860. The molecule has 0 bridgehead atoms. The van der Waals surface area contributed by atoms with Gasteiger partial charge >= 0.3 is 0 Å². The molecule has 1 fully saturated rings. The Kier molecular flexibility index (Phi) is 5.29. The summed E-state index contributed by atoms with van der Waals surface area (Å²) in [5, 5.41) is 13.8. The fourth-order valence-corrected chi connectivity index (χ4v) is 4.14. The van der Waals surface area contributed by atoms with Crippen LogP contribution in [0.2, 0.25) is 5.02 Å². The molecule has 4 rings (SSSR count). The van der Waals surface area contributed by atoms with Crippen molar-refractivity contribution in [2.24, 2.45) is 5.92 Å². The summed E-state index contributed by atoms with van der Waals surface area (Å²) >= 11 is 7.50. The van der Waals surface area contributed by atoms with E-state index in [1.807, 2.05) is 18.2 Å². The highest BCUT2D eigenvalue weighted by atomic mass is 35.5. The zero-order valence-electron chi connectivity index (χ0n) is 15.0. The maximum atomic E-state index is 13.2. The van der Waals surface area contributed by atoms with Crippen LogP contribution in [0.3, 0.4) is 0 Å². The number of hydrogen-bond acceptors (Lipinski definition) is 5. The molecule has 2 atom stereocenters. The molecule has 148 valence electrons. The maximum Gasteiger partial charge on any atom is 0.239 e. The SMILES string of the molecule is O=C(C1CC1[N+](=O)[O-])N(Cc1ccc(F)cc1)c1nc(-c2ccccc2Cl)cs1. The second kappa shape index (κ2) is 7.88. The van der Waals surface area contributed by atoms with Crippen LogP contribution in [0.15, 0.2) is 53.9 Å². The molecule has 2 aromatic carbocycles. The highest BCUT2D eigenvalue weighted by molar-refractivity contribution is 7.14. The Balaban J connectivity index is 1.65. The molecule has 0 saturated heterocycles. The Bertz CT molecular complexity index is 1070. The minimum absolute atomic E-state index is 0.148. The van der Waals surface area contributed by atoms with Gasteiger partial charge in [-0.2, -0.15) is 0 Å². The lowest BCUT2D eigenvalue weighted by atomic mass is 10.2. The lowest BCUT2D eigenvalue weighted by molar-refractivity contribution is -0.497. The van der Waals surface area contributed by atoms with E-state index in [0.717, 1.165) is 5.56 Å². The van der Waals surface area contributed by atoms with Gasteiger partial charge in [-0.15, -0.1) is 11.3 Å². The molecule has 0 N–H and O–H groups in total. The standard InChI is InChI=1S/C20H15ClFN3O3S/c21-16-4-2-1-3-14(16)17-11-29-20(23-17)24(10-12-5-7-13(22)8-6-12)19(26)15-9-18(15)25(27)28/h1-8,11,15,18H,9-10H2. The van der Waals surface area contributed by atoms with Gasteiger partial charge in [-0.05, 0) is 23.8 Å². The van der Waals surface area contributed by atoms with E-state index in [9.17, 15) is 19.3 Å². The van der Waals surface area contributed by atoms with E-state index < -0.39 is 16.9 Å². The third kappa shape index (κ3) is 4.13. The Morgan fingerprint density at radius 1 is 1.28 bits per heavy atom. The number of anilines is 1. The number of aromatic nitrogens is 1. The number of nitro groups is 1. The van der Waals surface area contributed by atoms with Gasteiger partial charge in [-0.3, -0.25) is 19.8 Å². The summed E-state index contributed by atoms with van der Waals surface area (Å²) in [5.74, 6) is -1.40. The van der Waals surface area contributed by atoms with Gasteiger partial charge in [0.05, 0.1) is 12.2 Å². The molecule has 1 heterocycles. The zero-order valence-corrected chi connectivity index (χ0v) is 16.6. The predicted octanol–water partition coefficient (Wildman–Crippen LogP) is 4.80. The molecule has 0 aliphatic heterocycles. The highest BCUT2D eigenvalue weighted by Crippen LogP contribution is 2.38. The van der Waals surface area contributed by atoms with E-state index >= 15 is 0 Å². The first-order chi connectivity index (χ1) is 13.9. The number of rotatable bonds is 6. The van der Waals surface area contributed by atoms with Gasteiger partial charge in [0.2, 0.25) is 11.9 Å². The summed E-state index contributed by atoms with van der Waals surface area (Å²) in [7, 11) is 0. The number of thiazole rings is 1. The van der Waals surface area contributed by atoms with Gasteiger partial charge in [0, 0.05) is 27.3 Å². The van der Waals surface area contributed by atoms with Crippen molar-refractivity contribution < 1.29 is 14.1 Å².